The van der Waals surface area contributed by atoms with Crippen LogP contribution in [0.15, 0.2) is 24.3 Å². The van der Waals surface area contributed by atoms with Crippen LogP contribution in [0.1, 0.15) is 39.7 Å². The number of hydrogen-bond acceptors (Lipinski definition) is 4. The van der Waals surface area contributed by atoms with Crippen LogP contribution in [0.5, 0.6) is 0 Å². The highest BCUT2D eigenvalue weighted by Gasteiger charge is 2.32. The summed E-state index contributed by atoms with van der Waals surface area (Å²) >= 11 is 1.26. The maximum absolute atomic E-state index is 11.3. The van der Waals surface area contributed by atoms with Crippen LogP contribution in [0.4, 0.5) is 0 Å². The molecule has 3 rings (SSSR count). The van der Waals surface area contributed by atoms with E-state index in [-0.39, 0.29) is 0 Å². The van der Waals surface area contributed by atoms with Gasteiger partial charge in [0.25, 0.3) is 0 Å². The summed E-state index contributed by atoms with van der Waals surface area (Å²) in [5.41, 5.74) is 2.78. The predicted molar refractivity (Wildman–Crippen MR) is 77.2 cm³/mol. The Hall–Kier alpha value is -1.72. The first-order valence-electron chi connectivity index (χ1n) is 6.51. The van der Waals surface area contributed by atoms with Gasteiger partial charge in [-0.3, -0.25) is 0 Å². The molecule has 1 heterocycles. The molecule has 20 heavy (non-hydrogen) atoms. The fourth-order valence-electron chi connectivity index (χ4n) is 2.20. The number of carboxylic acid groups (broad SMARTS) is 1. The van der Waals surface area contributed by atoms with Crippen molar-refractivity contribution < 1.29 is 14.6 Å². The zero-order chi connectivity index (χ0) is 14.1. The molecule has 0 atom stereocenters. The molecule has 1 aliphatic carbocycles. The second-order valence-corrected chi connectivity index (χ2v) is 5.95. The summed E-state index contributed by atoms with van der Waals surface area (Å²) in [4.78, 5) is 16.3. The van der Waals surface area contributed by atoms with Gasteiger partial charge >= 0.3 is 5.97 Å². The molecule has 0 aliphatic heterocycles. The number of ether oxygens (including phenoxy) is 1. The molecule has 1 N–H and O–H groups in total. The summed E-state index contributed by atoms with van der Waals surface area (Å²) in [6.45, 7) is 0.542. The highest BCUT2D eigenvalue weighted by molar-refractivity contribution is 7.17. The summed E-state index contributed by atoms with van der Waals surface area (Å²) in [5, 5.41) is 10.1. The Morgan fingerprint density at radius 2 is 2.30 bits per heavy atom. The van der Waals surface area contributed by atoms with Crippen LogP contribution in [0, 0.1) is 0 Å². The van der Waals surface area contributed by atoms with Gasteiger partial charge in [0.2, 0.25) is 0 Å². The lowest BCUT2D eigenvalue weighted by Gasteiger charge is -2.01. The molecular formula is C15H15NO3S. The summed E-state index contributed by atoms with van der Waals surface area (Å²) < 4.78 is 5.12. The molecule has 1 fully saturated rings. The van der Waals surface area contributed by atoms with Crippen LogP contribution < -0.4 is 0 Å². The van der Waals surface area contributed by atoms with Crippen molar-refractivity contribution in [3.8, 4) is 10.6 Å². The molecule has 0 saturated heterocycles. The van der Waals surface area contributed by atoms with Crippen molar-refractivity contribution in [3.63, 3.8) is 0 Å². The second kappa shape index (κ2) is 5.34. The zero-order valence-corrected chi connectivity index (χ0v) is 11.9. The number of carbonyl (C=O) groups is 1. The normalized spacial score (nSPS) is 14.4. The molecule has 0 amide bonds. The quantitative estimate of drug-likeness (QED) is 0.914. The summed E-state index contributed by atoms with van der Waals surface area (Å²) in [7, 11) is 1.66. The Labute approximate surface area is 121 Å². The molecule has 1 aromatic carbocycles. The molecule has 2 aromatic rings. The molecular weight excluding hydrogens is 274 g/mol. The molecule has 5 heteroatoms. The van der Waals surface area contributed by atoms with Crippen LogP contribution in [-0.4, -0.2) is 23.2 Å². The van der Waals surface area contributed by atoms with Gasteiger partial charge in [-0.2, -0.15) is 0 Å². The average molecular weight is 289 g/mol. The van der Waals surface area contributed by atoms with Crippen molar-refractivity contribution in [2.45, 2.75) is 25.4 Å². The topological polar surface area (TPSA) is 59.4 Å². The fraction of sp³-hybridized carbons (Fsp3) is 0.333. The van der Waals surface area contributed by atoms with Crippen LogP contribution in [0.25, 0.3) is 10.6 Å². The smallest absolute Gasteiger partial charge is 0.347 e. The Kier molecular flexibility index (Phi) is 3.54. The monoisotopic (exact) mass is 289 g/mol. The van der Waals surface area contributed by atoms with E-state index in [2.05, 4.69) is 4.98 Å². The summed E-state index contributed by atoms with van der Waals surface area (Å²) in [5.74, 6) is -0.531. The van der Waals surface area contributed by atoms with Gasteiger partial charge < -0.3 is 9.84 Å². The van der Waals surface area contributed by atoms with Crippen LogP contribution in [0.3, 0.4) is 0 Å². The molecule has 0 unspecified atom stereocenters. The minimum atomic E-state index is -0.872. The Morgan fingerprint density at radius 1 is 1.50 bits per heavy atom. The average Bonchev–Trinajstić information content (AvgIpc) is 3.18. The van der Waals surface area contributed by atoms with E-state index < -0.39 is 5.97 Å². The number of aromatic carboxylic acids is 1. The largest absolute Gasteiger partial charge is 0.477 e. The van der Waals surface area contributed by atoms with Gasteiger partial charge in [0.1, 0.15) is 9.88 Å². The first-order valence-corrected chi connectivity index (χ1v) is 7.33. The highest BCUT2D eigenvalue weighted by atomic mass is 32.1. The fourth-order valence-corrected chi connectivity index (χ4v) is 3.19. The molecule has 0 radical (unpaired) electrons. The second-order valence-electron chi connectivity index (χ2n) is 4.95. The van der Waals surface area contributed by atoms with Gasteiger partial charge in [0.05, 0.1) is 12.3 Å². The maximum Gasteiger partial charge on any atom is 0.347 e. The molecule has 4 nitrogen and oxygen atoms in total. The summed E-state index contributed by atoms with van der Waals surface area (Å²) in [6, 6.07) is 7.90. The SMILES string of the molecule is COCc1cccc(-c2nc(C3CC3)c(C(=O)O)s2)c1. The van der Waals surface area contributed by atoms with Crippen LogP contribution >= 0.6 is 11.3 Å². The Balaban J connectivity index is 1.99. The van der Waals surface area contributed by atoms with E-state index in [9.17, 15) is 9.90 Å². The minimum absolute atomic E-state index is 0.341. The number of rotatable bonds is 5. The number of thiazole rings is 1. The van der Waals surface area contributed by atoms with E-state index in [1.807, 2.05) is 24.3 Å². The highest BCUT2D eigenvalue weighted by Crippen LogP contribution is 2.44. The number of carboxylic acids is 1. The predicted octanol–water partition coefficient (Wildman–Crippen LogP) is 3.53. The molecule has 0 spiro atoms. The van der Waals surface area contributed by atoms with E-state index in [4.69, 9.17) is 4.74 Å². The molecule has 1 saturated carbocycles. The van der Waals surface area contributed by atoms with Gasteiger partial charge in [-0.05, 0) is 24.5 Å². The number of benzene rings is 1. The standard InChI is InChI=1S/C15H15NO3S/c1-19-8-9-3-2-4-11(7-9)14-16-12(10-5-6-10)13(20-14)15(17)18/h2-4,7,10H,5-6,8H2,1H3,(H,17,18). The van der Waals surface area contributed by atoms with Crippen LogP contribution in [-0.2, 0) is 11.3 Å². The van der Waals surface area contributed by atoms with Crippen molar-refractivity contribution in [2.75, 3.05) is 7.11 Å². The van der Waals surface area contributed by atoms with Crippen molar-refractivity contribution in [2.24, 2.45) is 0 Å². The number of hydrogen-bond donors (Lipinski definition) is 1. The lowest BCUT2D eigenvalue weighted by Crippen LogP contribution is -1.97. The Bertz CT molecular complexity index is 646. The third kappa shape index (κ3) is 2.59. The third-order valence-corrected chi connectivity index (χ3v) is 4.40. The van der Waals surface area contributed by atoms with Gasteiger partial charge in [0, 0.05) is 18.6 Å². The first kappa shape index (κ1) is 13.3. The lowest BCUT2D eigenvalue weighted by atomic mass is 10.1. The summed E-state index contributed by atoms with van der Waals surface area (Å²) in [6.07, 6.45) is 2.10. The number of nitrogens with zero attached hydrogens (tertiary/aromatic N) is 1. The van der Waals surface area contributed by atoms with Crippen molar-refractivity contribution >= 4 is 17.3 Å². The maximum atomic E-state index is 11.3. The van der Waals surface area contributed by atoms with E-state index >= 15 is 0 Å². The van der Waals surface area contributed by atoms with Gasteiger partial charge in [0.15, 0.2) is 0 Å². The first-order chi connectivity index (χ1) is 9.69. The van der Waals surface area contributed by atoms with Crippen molar-refractivity contribution in [1.29, 1.82) is 0 Å². The van der Waals surface area contributed by atoms with E-state index in [1.165, 1.54) is 11.3 Å². The van der Waals surface area contributed by atoms with E-state index in [0.29, 0.717) is 17.4 Å². The van der Waals surface area contributed by atoms with Gasteiger partial charge in [-0.15, -0.1) is 11.3 Å². The number of aromatic nitrogens is 1. The van der Waals surface area contributed by atoms with E-state index in [1.54, 1.807) is 7.11 Å². The van der Waals surface area contributed by atoms with E-state index in [0.717, 1.165) is 34.7 Å². The molecule has 0 bridgehead atoms. The van der Waals surface area contributed by atoms with Crippen molar-refractivity contribution in [1.82, 2.24) is 4.98 Å². The van der Waals surface area contributed by atoms with Gasteiger partial charge in [-0.25, -0.2) is 9.78 Å². The molecule has 1 aliphatic rings. The van der Waals surface area contributed by atoms with Crippen molar-refractivity contribution in [3.05, 3.63) is 40.4 Å². The van der Waals surface area contributed by atoms with Crippen LogP contribution in [0.2, 0.25) is 0 Å². The minimum Gasteiger partial charge on any atom is -0.477 e. The van der Waals surface area contributed by atoms with Gasteiger partial charge in [-0.1, -0.05) is 18.2 Å². The molecule has 1 aromatic heterocycles. The number of methoxy groups -OCH3 is 1. The molecule has 104 valence electrons. The lowest BCUT2D eigenvalue weighted by molar-refractivity contribution is 0.0700. The zero-order valence-electron chi connectivity index (χ0n) is 11.1. The Morgan fingerprint density at radius 3 is 2.95 bits per heavy atom. The third-order valence-electron chi connectivity index (χ3n) is 3.30.